The van der Waals surface area contributed by atoms with Crippen molar-refractivity contribution in [1.82, 2.24) is 0 Å². The molecule has 2 aliphatic rings. The molecule has 0 saturated heterocycles. The van der Waals surface area contributed by atoms with Crippen LogP contribution in [-0.2, 0) is 25.0 Å². The Morgan fingerprint density at radius 3 is 2.50 bits per heavy atom. The third kappa shape index (κ3) is 4.23. The summed E-state index contributed by atoms with van der Waals surface area (Å²) in [5.41, 5.74) is 4.43. The molecule has 4 rings (SSSR count). The Morgan fingerprint density at radius 1 is 1.17 bits per heavy atom. The van der Waals surface area contributed by atoms with E-state index in [-0.39, 0.29) is 33.3 Å². The van der Waals surface area contributed by atoms with Gasteiger partial charge in [0.1, 0.15) is 27.8 Å². The topological polar surface area (TPSA) is 148 Å². The minimum Gasteiger partial charge on any atom is -0.506 e. The van der Waals surface area contributed by atoms with E-state index in [4.69, 9.17) is 10.5 Å². The molecule has 0 radical (unpaired) electrons. The molecule has 2 aromatic carbocycles. The summed E-state index contributed by atoms with van der Waals surface area (Å²) in [6.45, 7) is 3.39. The number of ketones is 1. The van der Waals surface area contributed by atoms with Crippen molar-refractivity contribution in [3.8, 4) is 5.75 Å². The molecule has 1 heterocycles. The molecule has 1 amide bonds. The standard InChI is InChI=1S/C25H26FN3O6S/c1-3-9-25(10-4-2)17-7-5-14(26)11-16(17)22(31)21(23(25)32)24-28-18-8-6-15(35-13-20(27)30)12-19(18)36(33,34)29-24/h5-8,11-12,31H,3-4,9-10,13H2,1-2H3,(H2,27,30)(H,28,29). The van der Waals surface area contributed by atoms with Gasteiger partial charge in [-0.15, -0.1) is 4.40 Å². The van der Waals surface area contributed by atoms with Crippen LogP contribution in [0.1, 0.15) is 50.7 Å². The van der Waals surface area contributed by atoms with Gasteiger partial charge in [0.2, 0.25) is 0 Å². The number of rotatable bonds is 8. The number of sulfonamides is 1. The lowest BCUT2D eigenvalue weighted by Crippen LogP contribution is -2.44. The van der Waals surface area contributed by atoms with E-state index in [1.165, 1.54) is 30.3 Å². The average Bonchev–Trinajstić information content (AvgIpc) is 2.81. The first-order chi connectivity index (χ1) is 17.0. The Morgan fingerprint density at radius 2 is 1.86 bits per heavy atom. The molecule has 190 valence electrons. The molecule has 0 atom stereocenters. The van der Waals surface area contributed by atoms with Gasteiger partial charge in [0.15, 0.2) is 18.2 Å². The Balaban J connectivity index is 1.87. The van der Waals surface area contributed by atoms with Gasteiger partial charge in [-0.2, -0.15) is 8.42 Å². The SMILES string of the molecule is CCCC1(CCC)C(=O)C(C2=NS(=O)(=O)c3cc(OCC(N)=O)ccc3N2)=C(O)c2cc(F)ccc21. The van der Waals surface area contributed by atoms with Crippen molar-refractivity contribution in [2.45, 2.75) is 49.8 Å². The number of nitrogens with two attached hydrogens (primary N) is 1. The second kappa shape index (κ2) is 9.38. The zero-order valence-corrected chi connectivity index (χ0v) is 20.6. The van der Waals surface area contributed by atoms with Gasteiger partial charge in [-0.05, 0) is 42.7 Å². The van der Waals surface area contributed by atoms with Crippen LogP contribution in [0, 0.1) is 5.82 Å². The van der Waals surface area contributed by atoms with E-state index in [1.807, 2.05) is 13.8 Å². The van der Waals surface area contributed by atoms with Crippen LogP contribution in [0.5, 0.6) is 5.75 Å². The fourth-order valence-corrected chi connectivity index (χ4v) is 6.06. The maximum Gasteiger partial charge on any atom is 0.286 e. The number of carbonyl (C=O) groups is 2. The number of benzene rings is 2. The fourth-order valence-electron chi connectivity index (χ4n) is 4.92. The van der Waals surface area contributed by atoms with Gasteiger partial charge >= 0.3 is 0 Å². The lowest BCUT2D eigenvalue weighted by molar-refractivity contribution is -0.121. The zero-order chi connectivity index (χ0) is 26.3. The van der Waals surface area contributed by atoms with E-state index in [2.05, 4.69) is 9.71 Å². The summed E-state index contributed by atoms with van der Waals surface area (Å²) in [5.74, 6) is -2.61. The maximum absolute atomic E-state index is 14.2. The summed E-state index contributed by atoms with van der Waals surface area (Å²) in [4.78, 5) is 24.8. The number of nitrogens with one attached hydrogen (secondary N) is 1. The first-order valence-electron chi connectivity index (χ1n) is 11.5. The number of anilines is 1. The summed E-state index contributed by atoms with van der Waals surface area (Å²) in [7, 11) is -4.34. The van der Waals surface area contributed by atoms with Crippen molar-refractivity contribution in [2.24, 2.45) is 10.1 Å². The van der Waals surface area contributed by atoms with Gasteiger partial charge in [0, 0.05) is 11.6 Å². The first-order valence-corrected chi connectivity index (χ1v) is 12.9. The van der Waals surface area contributed by atoms with E-state index >= 15 is 0 Å². The predicted octanol–water partition coefficient (Wildman–Crippen LogP) is 3.59. The maximum atomic E-state index is 14.2. The predicted molar refractivity (Wildman–Crippen MR) is 132 cm³/mol. The van der Waals surface area contributed by atoms with Gasteiger partial charge in [0.25, 0.3) is 15.9 Å². The van der Waals surface area contributed by atoms with Gasteiger partial charge in [-0.3, -0.25) is 9.59 Å². The molecule has 1 aliphatic heterocycles. The van der Waals surface area contributed by atoms with Gasteiger partial charge in [-0.25, -0.2) is 4.39 Å². The molecule has 1 aliphatic carbocycles. The van der Waals surface area contributed by atoms with Crippen LogP contribution in [0.15, 0.2) is 51.3 Å². The number of nitrogens with zero attached hydrogens (tertiary/aromatic N) is 1. The largest absolute Gasteiger partial charge is 0.506 e. The number of Topliss-reactive ketones (excluding diaryl/α,β-unsaturated/α-hetero) is 1. The Bertz CT molecular complexity index is 1430. The van der Waals surface area contributed by atoms with Gasteiger partial charge < -0.3 is 20.9 Å². The monoisotopic (exact) mass is 515 g/mol. The van der Waals surface area contributed by atoms with Crippen molar-refractivity contribution in [2.75, 3.05) is 11.9 Å². The number of amides is 1. The highest BCUT2D eigenvalue weighted by Crippen LogP contribution is 2.46. The van der Waals surface area contributed by atoms with Crippen molar-refractivity contribution >= 4 is 39.0 Å². The molecule has 0 saturated carbocycles. The molecule has 0 bridgehead atoms. The average molecular weight is 516 g/mol. The zero-order valence-electron chi connectivity index (χ0n) is 19.8. The second-order valence-corrected chi connectivity index (χ2v) is 10.4. The number of hydrogen-bond donors (Lipinski definition) is 3. The van der Waals surface area contributed by atoms with Crippen molar-refractivity contribution < 1.29 is 32.2 Å². The molecular weight excluding hydrogens is 489 g/mol. The molecule has 11 heteroatoms. The number of primary amides is 1. The van der Waals surface area contributed by atoms with Crippen molar-refractivity contribution in [1.29, 1.82) is 0 Å². The van der Waals surface area contributed by atoms with E-state index in [0.717, 1.165) is 6.07 Å². The summed E-state index contributed by atoms with van der Waals surface area (Å²) >= 11 is 0. The smallest absolute Gasteiger partial charge is 0.286 e. The summed E-state index contributed by atoms with van der Waals surface area (Å²) < 4.78 is 49.4. The first kappa shape index (κ1) is 25.4. The Kier molecular flexibility index (Phi) is 6.61. The highest BCUT2D eigenvalue weighted by Gasteiger charge is 2.48. The molecular formula is C25H26FN3O6S. The number of ether oxygens (including phenoxy) is 1. The Hall–Kier alpha value is -3.73. The molecule has 4 N–H and O–H groups in total. The molecule has 0 spiro atoms. The molecule has 2 aromatic rings. The van der Waals surface area contributed by atoms with Crippen LogP contribution >= 0.6 is 0 Å². The van der Waals surface area contributed by atoms with Crippen LogP contribution in [0.25, 0.3) is 5.76 Å². The lowest BCUT2D eigenvalue weighted by Gasteiger charge is -2.39. The second-order valence-electron chi connectivity index (χ2n) is 8.78. The molecule has 36 heavy (non-hydrogen) atoms. The highest BCUT2D eigenvalue weighted by atomic mass is 32.2. The number of amidine groups is 1. The van der Waals surface area contributed by atoms with E-state index in [1.54, 1.807) is 0 Å². The molecule has 9 nitrogen and oxygen atoms in total. The number of halogens is 1. The van der Waals surface area contributed by atoms with Crippen LogP contribution in [0.2, 0.25) is 0 Å². The molecule has 0 fully saturated rings. The lowest BCUT2D eigenvalue weighted by atomic mass is 9.63. The van der Waals surface area contributed by atoms with E-state index < -0.39 is 45.3 Å². The molecule has 0 aromatic heterocycles. The van der Waals surface area contributed by atoms with Gasteiger partial charge in [0.05, 0.1) is 11.1 Å². The number of carbonyl (C=O) groups excluding carboxylic acids is 2. The minimum absolute atomic E-state index is 0.0849. The number of aliphatic hydroxyl groups excluding tert-OH is 1. The summed E-state index contributed by atoms with van der Waals surface area (Å²) in [5, 5.41) is 14.0. The Labute approximate surface area is 207 Å². The van der Waals surface area contributed by atoms with Gasteiger partial charge in [-0.1, -0.05) is 32.8 Å². The number of aliphatic hydroxyl groups is 1. The van der Waals surface area contributed by atoms with Crippen LogP contribution in [0.4, 0.5) is 10.1 Å². The highest BCUT2D eigenvalue weighted by molar-refractivity contribution is 7.90. The van der Waals surface area contributed by atoms with Crippen LogP contribution in [0.3, 0.4) is 0 Å². The molecule has 0 unspecified atom stereocenters. The quantitative estimate of drug-likeness (QED) is 0.486. The van der Waals surface area contributed by atoms with E-state index in [9.17, 15) is 27.5 Å². The van der Waals surface area contributed by atoms with Crippen LogP contribution in [-0.4, -0.2) is 37.7 Å². The summed E-state index contributed by atoms with van der Waals surface area (Å²) in [6, 6.07) is 7.90. The fraction of sp³-hybridized carbons (Fsp3) is 0.320. The minimum atomic E-state index is -4.34. The third-order valence-electron chi connectivity index (χ3n) is 6.32. The van der Waals surface area contributed by atoms with Crippen molar-refractivity contribution in [3.05, 3.63) is 58.9 Å². The summed E-state index contributed by atoms with van der Waals surface area (Å²) in [6.07, 6.45) is 2.11. The normalized spacial score (nSPS) is 17.5. The third-order valence-corrected chi connectivity index (χ3v) is 7.63. The van der Waals surface area contributed by atoms with E-state index in [0.29, 0.717) is 31.2 Å². The van der Waals surface area contributed by atoms with Crippen LogP contribution < -0.4 is 15.8 Å². The van der Waals surface area contributed by atoms with Crippen molar-refractivity contribution in [3.63, 3.8) is 0 Å². The number of fused-ring (bicyclic) bond motifs is 2. The number of hydrogen-bond acceptors (Lipinski definition) is 7.